The standard InChI is InChI=1S/C18H18N4O3S2/c1-11(17-19-13-6-4-5-7-16(13)26-17)20-27(24,25)12-8-9-14-15(10-12)22(3)18(23)21(14)2/h4-11,20H,1-3H3/t11-/m1/s1. The van der Waals surface area contributed by atoms with Crippen molar-refractivity contribution in [3.8, 4) is 0 Å². The monoisotopic (exact) mass is 402 g/mol. The van der Waals surface area contributed by atoms with Crippen LogP contribution in [-0.2, 0) is 24.1 Å². The van der Waals surface area contributed by atoms with E-state index in [0.717, 1.165) is 10.2 Å². The Balaban J connectivity index is 1.69. The van der Waals surface area contributed by atoms with Gasteiger partial charge in [0.15, 0.2) is 0 Å². The van der Waals surface area contributed by atoms with Crippen LogP contribution in [0.3, 0.4) is 0 Å². The van der Waals surface area contributed by atoms with E-state index in [1.54, 1.807) is 27.1 Å². The van der Waals surface area contributed by atoms with Crippen molar-refractivity contribution in [2.45, 2.75) is 17.9 Å². The largest absolute Gasteiger partial charge is 0.328 e. The van der Waals surface area contributed by atoms with Gasteiger partial charge in [-0.2, -0.15) is 0 Å². The molecule has 4 rings (SSSR count). The highest BCUT2D eigenvalue weighted by Crippen LogP contribution is 2.27. The second kappa shape index (κ2) is 6.29. The molecule has 0 unspecified atom stereocenters. The van der Waals surface area contributed by atoms with E-state index in [1.807, 2.05) is 24.3 Å². The van der Waals surface area contributed by atoms with Crippen molar-refractivity contribution in [2.75, 3.05) is 0 Å². The third kappa shape index (κ3) is 2.97. The number of thiazole rings is 1. The summed E-state index contributed by atoms with van der Waals surface area (Å²) >= 11 is 1.46. The topological polar surface area (TPSA) is 86.0 Å². The molecule has 0 bridgehead atoms. The average Bonchev–Trinajstić information content (AvgIpc) is 3.17. The first-order valence-corrected chi connectivity index (χ1v) is 10.6. The van der Waals surface area contributed by atoms with E-state index in [1.165, 1.54) is 32.6 Å². The van der Waals surface area contributed by atoms with Gasteiger partial charge in [0.2, 0.25) is 10.0 Å². The van der Waals surface area contributed by atoms with Crippen molar-refractivity contribution in [1.29, 1.82) is 0 Å². The number of nitrogens with zero attached hydrogens (tertiary/aromatic N) is 3. The van der Waals surface area contributed by atoms with E-state index in [0.29, 0.717) is 16.0 Å². The van der Waals surface area contributed by atoms with Crippen LogP contribution in [0.5, 0.6) is 0 Å². The number of aromatic nitrogens is 3. The van der Waals surface area contributed by atoms with Crippen LogP contribution in [0, 0.1) is 0 Å². The molecular weight excluding hydrogens is 384 g/mol. The third-order valence-corrected chi connectivity index (χ3v) is 7.32. The highest BCUT2D eigenvalue weighted by molar-refractivity contribution is 7.89. The molecule has 0 spiro atoms. The zero-order chi connectivity index (χ0) is 19.3. The van der Waals surface area contributed by atoms with E-state index >= 15 is 0 Å². The number of hydrogen-bond donors (Lipinski definition) is 1. The summed E-state index contributed by atoms with van der Waals surface area (Å²) in [6.07, 6.45) is 0. The Morgan fingerprint density at radius 3 is 2.52 bits per heavy atom. The summed E-state index contributed by atoms with van der Waals surface area (Å²) in [5.74, 6) is 0. The van der Waals surface area contributed by atoms with Gasteiger partial charge in [-0.05, 0) is 37.3 Å². The summed E-state index contributed by atoms with van der Waals surface area (Å²) in [5.41, 5.74) is 1.90. The van der Waals surface area contributed by atoms with Crippen LogP contribution in [-0.4, -0.2) is 22.5 Å². The van der Waals surface area contributed by atoms with Crippen LogP contribution in [0.4, 0.5) is 0 Å². The number of imidazole rings is 1. The molecule has 2 heterocycles. The van der Waals surface area contributed by atoms with Gasteiger partial charge in [-0.25, -0.2) is 22.9 Å². The fourth-order valence-electron chi connectivity index (χ4n) is 3.08. The predicted octanol–water partition coefficient (Wildman–Crippen LogP) is 2.53. The maximum Gasteiger partial charge on any atom is 0.328 e. The summed E-state index contributed by atoms with van der Waals surface area (Å²) in [6.45, 7) is 1.77. The predicted molar refractivity (Wildman–Crippen MR) is 107 cm³/mol. The number of sulfonamides is 1. The molecule has 27 heavy (non-hydrogen) atoms. The summed E-state index contributed by atoms with van der Waals surface area (Å²) in [7, 11) is -0.483. The fraction of sp³-hybridized carbons (Fsp3) is 0.222. The summed E-state index contributed by atoms with van der Waals surface area (Å²) in [5, 5.41) is 0.702. The molecule has 1 N–H and O–H groups in total. The summed E-state index contributed by atoms with van der Waals surface area (Å²) < 4.78 is 32.3. The molecular formula is C18H18N4O3S2. The molecule has 2 aromatic heterocycles. The smallest absolute Gasteiger partial charge is 0.295 e. The number of fused-ring (bicyclic) bond motifs is 2. The molecule has 0 aliphatic heterocycles. The van der Waals surface area contributed by atoms with Crippen molar-refractivity contribution in [3.63, 3.8) is 0 Å². The van der Waals surface area contributed by atoms with Crippen LogP contribution < -0.4 is 10.4 Å². The fourth-order valence-corrected chi connectivity index (χ4v) is 5.35. The molecule has 1 atom stereocenters. The van der Waals surface area contributed by atoms with Crippen molar-refractivity contribution in [3.05, 3.63) is 58.0 Å². The van der Waals surface area contributed by atoms with Gasteiger partial charge in [0.25, 0.3) is 0 Å². The number of nitrogens with one attached hydrogen (secondary N) is 1. The molecule has 2 aromatic carbocycles. The number of benzene rings is 2. The van der Waals surface area contributed by atoms with Gasteiger partial charge in [-0.3, -0.25) is 9.13 Å². The van der Waals surface area contributed by atoms with Crippen LogP contribution in [0.2, 0.25) is 0 Å². The molecule has 0 fully saturated rings. The Morgan fingerprint density at radius 1 is 1.07 bits per heavy atom. The highest BCUT2D eigenvalue weighted by atomic mass is 32.2. The summed E-state index contributed by atoms with van der Waals surface area (Å²) in [6, 6.07) is 11.9. The SMILES string of the molecule is C[C@@H](NS(=O)(=O)c1ccc2c(c1)n(C)c(=O)n2C)c1nc2ccccc2s1. The van der Waals surface area contributed by atoms with Gasteiger partial charge in [-0.15, -0.1) is 11.3 Å². The van der Waals surface area contributed by atoms with Crippen LogP contribution in [0.15, 0.2) is 52.2 Å². The van der Waals surface area contributed by atoms with Gasteiger partial charge >= 0.3 is 5.69 Å². The maximum atomic E-state index is 12.8. The number of hydrogen-bond acceptors (Lipinski definition) is 5. The molecule has 7 nitrogen and oxygen atoms in total. The lowest BCUT2D eigenvalue weighted by Gasteiger charge is -2.12. The van der Waals surface area contributed by atoms with Gasteiger partial charge in [0, 0.05) is 14.1 Å². The minimum absolute atomic E-state index is 0.115. The highest BCUT2D eigenvalue weighted by Gasteiger charge is 2.22. The van der Waals surface area contributed by atoms with E-state index in [2.05, 4.69) is 9.71 Å². The minimum atomic E-state index is -3.76. The number of aryl methyl sites for hydroxylation is 2. The molecule has 0 saturated carbocycles. The Bertz CT molecular complexity index is 1300. The Morgan fingerprint density at radius 2 is 1.78 bits per heavy atom. The second-order valence-corrected chi connectivity index (χ2v) is 9.19. The van der Waals surface area contributed by atoms with Gasteiger partial charge in [0.1, 0.15) is 5.01 Å². The minimum Gasteiger partial charge on any atom is -0.295 e. The Hall–Kier alpha value is -2.49. The second-order valence-electron chi connectivity index (χ2n) is 6.41. The summed E-state index contributed by atoms with van der Waals surface area (Å²) in [4.78, 5) is 16.7. The molecule has 0 aliphatic carbocycles. The average molecular weight is 403 g/mol. The Labute approximate surface area is 159 Å². The van der Waals surface area contributed by atoms with E-state index < -0.39 is 16.1 Å². The molecule has 0 saturated heterocycles. The van der Waals surface area contributed by atoms with Crippen molar-refractivity contribution >= 4 is 42.6 Å². The van der Waals surface area contributed by atoms with E-state index in [4.69, 9.17) is 0 Å². The van der Waals surface area contributed by atoms with Crippen molar-refractivity contribution < 1.29 is 8.42 Å². The lowest BCUT2D eigenvalue weighted by atomic mass is 10.3. The molecule has 0 aliphatic rings. The molecule has 9 heteroatoms. The number of rotatable bonds is 4. The first kappa shape index (κ1) is 17.9. The first-order valence-electron chi connectivity index (χ1n) is 8.31. The normalized spacial score (nSPS) is 13.4. The zero-order valence-electron chi connectivity index (χ0n) is 15.0. The van der Waals surface area contributed by atoms with Crippen LogP contribution >= 0.6 is 11.3 Å². The zero-order valence-corrected chi connectivity index (χ0v) is 16.6. The lowest BCUT2D eigenvalue weighted by molar-refractivity contribution is 0.566. The quantitative estimate of drug-likeness (QED) is 0.568. The first-order chi connectivity index (χ1) is 12.8. The van der Waals surface area contributed by atoms with Crippen molar-refractivity contribution in [2.24, 2.45) is 14.1 Å². The van der Waals surface area contributed by atoms with Gasteiger partial charge in [-0.1, -0.05) is 12.1 Å². The van der Waals surface area contributed by atoms with Gasteiger partial charge < -0.3 is 0 Å². The van der Waals surface area contributed by atoms with Crippen LogP contribution in [0.25, 0.3) is 21.3 Å². The van der Waals surface area contributed by atoms with Gasteiger partial charge in [0.05, 0.1) is 32.2 Å². The number of para-hydroxylation sites is 1. The molecule has 0 amide bonds. The Kier molecular flexibility index (Phi) is 4.17. The van der Waals surface area contributed by atoms with E-state index in [-0.39, 0.29) is 10.6 Å². The molecule has 4 aromatic rings. The van der Waals surface area contributed by atoms with Crippen LogP contribution in [0.1, 0.15) is 18.0 Å². The third-order valence-electron chi connectivity index (χ3n) is 4.57. The molecule has 0 radical (unpaired) electrons. The maximum absolute atomic E-state index is 12.8. The molecule has 140 valence electrons. The lowest BCUT2D eigenvalue weighted by Crippen LogP contribution is -2.26. The van der Waals surface area contributed by atoms with Crippen molar-refractivity contribution in [1.82, 2.24) is 18.8 Å². The van der Waals surface area contributed by atoms with E-state index in [9.17, 15) is 13.2 Å².